The van der Waals surface area contributed by atoms with Crippen molar-refractivity contribution < 1.29 is 4.79 Å². The molecule has 0 aliphatic rings. The molecular weight excluding hydrogens is 252 g/mol. The number of carbonyl (C=O) groups is 1. The van der Waals surface area contributed by atoms with Gasteiger partial charge in [0.25, 0.3) is 5.91 Å². The summed E-state index contributed by atoms with van der Waals surface area (Å²) in [6.45, 7) is 5.13. The number of carbonyl (C=O) groups excluding carboxylic acids is 1. The van der Waals surface area contributed by atoms with Gasteiger partial charge in [-0.2, -0.15) is 0 Å². The number of nitrogens with zero attached hydrogens (tertiary/aromatic N) is 2. The molecule has 3 N–H and O–H groups in total. The Morgan fingerprint density at radius 3 is 2.78 bits per heavy atom. The van der Waals surface area contributed by atoms with E-state index in [1.54, 1.807) is 25.1 Å². The molecule has 0 bridgehead atoms. The number of benzene rings is 1. The Hall–Kier alpha value is -2.14. The molecular formula is C12H11ClN4O. The first kappa shape index (κ1) is 12.3. The van der Waals surface area contributed by atoms with E-state index in [2.05, 4.69) is 21.9 Å². The lowest BCUT2D eigenvalue weighted by molar-refractivity contribution is -0.112. The maximum atomic E-state index is 11.5. The van der Waals surface area contributed by atoms with Crippen LogP contribution < -0.4 is 11.1 Å². The van der Waals surface area contributed by atoms with Crippen LogP contribution in [-0.4, -0.2) is 15.9 Å². The average Bonchev–Trinajstić information content (AvgIpc) is 2.30. The molecule has 5 nitrogen and oxygen atoms in total. The summed E-state index contributed by atoms with van der Waals surface area (Å²) in [6.07, 6.45) is 0. The lowest BCUT2D eigenvalue weighted by Crippen LogP contribution is -2.15. The van der Waals surface area contributed by atoms with Gasteiger partial charge >= 0.3 is 0 Å². The SMILES string of the molecule is C=C(C)C(=O)Nc1nc2ccc(Cl)cc2nc1N. The molecule has 92 valence electrons. The largest absolute Gasteiger partial charge is 0.381 e. The first-order chi connectivity index (χ1) is 8.47. The van der Waals surface area contributed by atoms with Gasteiger partial charge in [-0.15, -0.1) is 0 Å². The maximum absolute atomic E-state index is 11.5. The summed E-state index contributed by atoms with van der Waals surface area (Å²) in [4.78, 5) is 19.9. The van der Waals surface area contributed by atoms with Crippen LogP contribution in [0.25, 0.3) is 11.0 Å². The van der Waals surface area contributed by atoms with Crippen LogP contribution in [0.1, 0.15) is 6.92 Å². The third-order valence-electron chi connectivity index (χ3n) is 2.27. The van der Waals surface area contributed by atoms with Crippen LogP contribution in [0, 0.1) is 0 Å². The summed E-state index contributed by atoms with van der Waals surface area (Å²) in [5.41, 5.74) is 7.27. The molecule has 1 aromatic carbocycles. The summed E-state index contributed by atoms with van der Waals surface area (Å²) in [6, 6.07) is 5.06. The van der Waals surface area contributed by atoms with Gasteiger partial charge in [0, 0.05) is 10.6 Å². The molecule has 0 saturated heterocycles. The topological polar surface area (TPSA) is 80.9 Å². The predicted octanol–water partition coefficient (Wildman–Crippen LogP) is 2.38. The first-order valence-corrected chi connectivity index (χ1v) is 5.55. The van der Waals surface area contributed by atoms with Crippen LogP contribution in [0.5, 0.6) is 0 Å². The van der Waals surface area contributed by atoms with Gasteiger partial charge in [-0.25, -0.2) is 9.97 Å². The van der Waals surface area contributed by atoms with Gasteiger partial charge in [0.2, 0.25) is 0 Å². The molecule has 0 fully saturated rings. The van der Waals surface area contributed by atoms with Gasteiger partial charge in [0.1, 0.15) is 0 Å². The molecule has 0 unspecified atom stereocenters. The van der Waals surface area contributed by atoms with Gasteiger partial charge in [0.05, 0.1) is 11.0 Å². The number of aromatic nitrogens is 2. The molecule has 6 heteroatoms. The highest BCUT2D eigenvalue weighted by Gasteiger charge is 2.10. The van der Waals surface area contributed by atoms with Crippen molar-refractivity contribution in [3.8, 4) is 0 Å². The Labute approximate surface area is 109 Å². The molecule has 18 heavy (non-hydrogen) atoms. The van der Waals surface area contributed by atoms with E-state index in [0.717, 1.165) is 0 Å². The monoisotopic (exact) mass is 262 g/mol. The van der Waals surface area contributed by atoms with Crippen molar-refractivity contribution >= 4 is 40.2 Å². The number of anilines is 2. The quantitative estimate of drug-likeness (QED) is 0.814. The Morgan fingerprint density at radius 2 is 2.11 bits per heavy atom. The van der Waals surface area contributed by atoms with Crippen molar-refractivity contribution in [2.24, 2.45) is 0 Å². The van der Waals surface area contributed by atoms with E-state index in [1.165, 1.54) is 0 Å². The number of fused-ring (bicyclic) bond motifs is 1. The second-order valence-corrected chi connectivity index (χ2v) is 4.26. The average molecular weight is 263 g/mol. The van der Waals surface area contributed by atoms with Gasteiger partial charge in [-0.3, -0.25) is 4.79 Å². The molecule has 0 atom stereocenters. The number of nitrogens with one attached hydrogen (secondary N) is 1. The molecule has 0 aliphatic carbocycles. The fourth-order valence-electron chi connectivity index (χ4n) is 1.35. The molecule has 2 aromatic rings. The molecule has 0 aliphatic heterocycles. The predicted molar refractivity (Wildman–Crippen MR) is 72.4 cm³/mol. The lowest BCUT2D eigenvalue weighted by Gasteiger charge is -2.07. The minimum Gasteiger partial charge on any atom is -0.381 e. The van der Waals surface area contributed by atoms with Crippen LogP contribution in [-0.2, 0) is 4.79 Å². The smallest absolute Gasteiger partial charge is 0.251 e. The van der Waals surface area contributed by atoms with Crippen molar-refractivity contribution in [1.29, 1.82) is 0 Å². The summed E-state index contributed by atoms with van der Waals surface area (Å²) >= 11 is 5.85. The van der Waals surface area contributed by atoms with Crippen molar-refractivity contribution in [3.05, 3.63) is 35.4 Å². The van der Waals surface area contributed by atoms with E-state index in [9.17, 15) is 4.79 Å². The Bertz CT molecular complexity index is 654. The van der Waals surface area contributed by atoms with E-state index in [1.807, 2.05) is 0 Å². The van der Waals surface area contributed by atoms with Crippen molar-refractivity contribution in [2.45, 2.75) is 6.92 Å². The fraction of sp³-hybridized carbons (Fsp3) is 0.0833. The minimum absolute atomic E-state index is 0.138. The second-order valence-electron chi connectivity index (χ2n) is 3.82. The van der Waals surface area contributed by atoms with Crippen molar-refractivity contribution in [3.63, 3.8) is 0 Å². The lowest BCUT2D eigenvalue weighted by atomic mass is 10.3. The van der Waals surface area contributed by atoms with E-state index < -0.39 is 0 Å². The molecule has 1 amide bonds. The van der Waals surface area contributed by atoms with Crippen molar-refractivity contribution in [1.82, 2.24) is 9.97 Å². The highest BCUT2D eigenvalue weighted by atomic mass is 35.5. The van der Waals surface area contributed by atoms with Crippen LogP contribution in [0.3, 0.4) is 0 Å². The van der Waals surface area contributed by atoms with Gasteiger partial charge < -0.3 is 11.1 Å². The molecule has 0 spiro atoms. The number of hydrogen-bond donors (Lipinski definition) is 2. The summed E-state index contributed by atoms with van der Waals surface area (Å²) < 4.78 is 0. The zero-order chi connectivity index (χ0) is 13.3. The highest BCUT2D eigenvalue weighted by Crippen LogP contribution is 2.21. The van der Waals surface area contributed by atoms with Crippen LogP contribution >= 0.6 is 11.6 Å². The summed E-state index contributed by atoms with van der Waals surface area (Å²) in [7, 11) is 0. The number of hydrogen-bond acceptors (Lipinski definition) is 4. The van der Waals surface area contributed by atoms with Crippen molar-refractivity contribution in [2.75, 3.05) is 11.1 Å². The fourth-order valence-corrected chi connectivity index (χ4v) is 1.51. The van der Waals surface area contributed by atoms with E-state index >= 15 is 0 Å². The Balaban J connectivity index is 2.46. The molecule has 0 radical (unpaired) electrons. The van der Waals surface area contributed by atoms with Crippen LogP contribution in [0.4, 0.5) is 11.6 Å². The zero-order valence-electron chi connectivity index (χ0n) is 9.70. The second kappa shape index (κ2) is 4.62. The van der Waals surface area contributed by atoms with E-state index in [4.69, 9.17) is 17.3 Å². The highest BCUT2D eigenvalue weighted by molar-refractivity contribution is 6.31. The minimum atomic E-state index is -0.343. The normalized spacial score (nSPS) is 10.3. The van der Waals surface area contributed by atoms with E-state index in [-0.39, 0.29) is 17.5 Å². The first-order valence-electron chi connectivity index (χ1n) is 5.17. The number of nitrogens with two attached hydrogens (primary N) is 1. The summed E-state index contributed by atoms with van der Waals surface area (Å²) in [5.74, 6) is 0.0153. The summed E-state index contributed by atoms with van der Waals surface area (Å²) in [5, 5.41) is 3.10. The third kappa shape index (κ3) is 2.41. The number of halogens is 1. The van der Waals surface area contributed by atoms with Crippen LogP contribution in [0.15, 0.2) is 30.4 Å². The Morgan fingerprint density at radius 1 is 1.39 bits per heavy atom. The molecule has 0 saturated carbocycles. The van der Waals surface area contributed by atoms with Gasteiger partial charge in [0.15, 0.2) is 11.6 Å². The number of nitrogen functional groups attached to an aromatic ring is 1. The molecule has 2 rings (SSSR count). The maximum Gasteiger partial charge on any atom is 0.251 e. The number of amides is 1. The van der Waals surface area contributed by atoms with E-state index in [0.29, 0.717) is 21.6 Å². The Kier molecular flexibility index (Phi) is 3.16. The molecule has 1 aromatic heterocycles. The van der Waals surface area contributed by atoms with Gasteiger partial charge in [-0.05, 0) is 25.1 Å². The standard InChI is InChI=1S/C12H11ClN4O/c1-6(2)12(18)17-11-10(14)15-9-5-7(13)3-4-8(9)16-11/h3-5H,1H2,2H3,(H2,14,15)(H,16,17,18). The zero-order valence-corrected chi connectivity index (χ0v) is 10.5. The van der Waals surface area contributed by atoms with Gasteiger partial charge in [-0.1, -0.05) is 18.2 Å². The number of rotatable bonds is 2. The van der Waals surface area contributed by atoms with Crippen LogP contribution in [0.2, 0.25) is 5.02 Å². The molecule has 1 heterocycles. The third-order valence-corrected chi connectivity index (χ3v) is 2.51.